The predicted octanol–water partition coefficient (Wildman–Crippen LogP) is 3.66. The van der Waals surface area contributed by atoms with Crippen molar-refractivity contribution in [1.82, 2.24) is 14.9 Å². The third kappa shape index (κ3) is 4.63. The molecular weight excluding hydrogens is 406 g/mol. The fourth-order valence-corrected chi connectivity index (χ4v) is 4.27. The maximum Gasteiger partial charge on any atom is 0.242 e. The molecule has 0 atom stereocenters. The molecule has 3 aromatic rings. The predicted molar refractivity (Wildman–Crippen MR) is 112 cm³/mol. The molecule has 30 heavy (non-hydrogen) atoms. The zero-order valence-electron chi connectivity index (χ0n) is 17.6. The molecule has 1 aromatic heterocycles. The van der Waals surface area contributed by atoms with E-state index >= 15 is 0 Å². The van der Waals surface area contributed by atoms with Gasteiger partial charge in [0.15, 0.2) is 0 Å². The van der Waals surface area contributed by atoms with Crippen molar-refractivity contribution in [3.05, 3.63) is 53.4 Å². The lowest BCUT2D eigenvalue weighted by atomic mass is 10.0. The number of benzene rings is 2. The average Bonchev–Trinajstić information content (AvgIpc) is 3.21. The fourth-order valence-electron chi connectivity index (χ4n) is 3.04. The summed E-state index contributed by atoms with van der Waals surface area (Å²) in [5, 5.41) is 3.92. The summed E-state index contributed by atoms with van der Waals surface area (Å²) in [6.07, 6.45) is 0. The van der Waals surface area contributed by atoms with E-state index in [0.717, 1.165) is 5.56 Å². The number of nitrogens with zero attached hydrogens (tertiary/aromatic N) is 2. The van der Waals surface area contributed by atoms with Gasteiger partial charge < -0.3 is 14.0 Å². The number of nitrogens with one attached hydrogen (secondary N) is 1. The Balaban J connectivity index is 1.80. The first-order valence-electron chi connectivity index (χ1n) is 9.40. The monoisotopic (exact) mass is 431 g/mol. The van der Waals surface area contributed by atoms with Gasteiger partial charge in [0.2, 0.25) is 21.7 Å². The Kier molecular flexibility index (Phi) is 6.42. The van der Waals surface area contributed by atoms with Crippen LogP contribution in [0.1, 0.15) is 36.8 Å². The maximum absolute atomic E-state index is 12.9. The molecule has 1 N–H and O–H groups in total. The van der Waals surface area contributed by atoms with Crippen molar-refractivity contribution >= 4 is 10.0 Å². The van der Waals surface area contributed by atoms with Crippen molar-refractivity contribution < 1.29 is 22.4 Å². The lowest BCUT2D eigenvalue weighted by Crippen LogP contribution is -2.24. The topological polar surface area (TPSA) is 104 Å². The number of sulfonamides is 1. The number of hydrogen-bond acceptors (Lipinski definition) is 7. The minimum absolute atomic E-state index is 0.107. The number of aromatic nitrogens is 2. The number of aryl methyl sites for hydroxylation is 1. The lowest BCUT2D eigenvalue weighted by molar-refractivity contribution is 0.375. The van der Waals surface area contributed by atoms with Crippen molar-refractivity contribution in [3.8, 4) is 22.9 Å². The van der Waals surface area contributed by atoms with Crippen LogP contribution in [0.2, 0.25) is 0 Å². The van der Waals surface area contributed by atoms with E-state index in [-0.39, 0.29) is 23.2 Å². The SMILES string of the molecule is COc1cccc(-c2noc(CNS(=O)(=O)c3cc(C(C)C)c(OC)cc3C)n2)c1. The van der Waals surface area contributed by atoms with Gasteiger partial charge >= 0.3 is 0 Å². The molecule has 0 amide bonds. The molecule has 0 fully saturated rings. The highest BCUT2D eigenvalue weighted by atomic mass is 32.2. The minimum Gasteiger partial charge on any atom is -0.497 e. The number of hydrogen-bond donors (Lipinski definition) is 1. The van der Waals surface area contributed by atoms with Gasteiger partial charge in [-0.3, -0.25) is 0 Å². The Bertz CT molecular complexity index is 1140. The molecule has 0 aliphatic rings. The summed E-state index contributed by atoms with van der Waals surface area (Å²) < 4.78 is 44.1. The molecule has 0 saturated heterocycles. The number of methoxy groups -OCH3 is 2. The normalized spacial score (nSPS) is 11.7. The molecule has 160 valence electrons. The van der Waals surface area contributed by atoms with E-state index in [4.69, 9.17) is 14.0 Å². The Morgan fingerprint density at radius 3 is 2.57 bits per heavy atom. The van der Waals surface area contributed by atoms with E-state index < -0.39 is 10.0 Å². The van der Waals surface area contributed by atoms with Crippen LogP contribution in [-0.4, -0.2) is 32.8 Å². The van der Waals surface area contributed by atoms with Crippen LogP contribution >= 0.6 is 0 Å². The van der Waals surface area contributed by atoms with Gasteiger partial charge in [0, 0.05) is 5.56 Å². The Labute approximate surface area is 176 Å². The van der Waals surface area contributed by atoms with Gasteiger partial charge in [-0.25, -0.2) is 13.1 Å². The highest BCUT2D eigenvalue weighted by Gasteiger charge is 2.22. The average molecular weight is 432 g/mol. The molecular formula is C21H25N3O5S. The molecule has 8 nitrogen and oxygen atoms in total. The van der Waals surface area contributed by atoms with E-state index in [9.17, 15) is 8.42 Å². The fraction of sp³-hybridized carbons (Fsp3) is 0.333. The second-order valence-electron chi connectivity index (χ2n) is 7.08. The maximum atomic E-state index is 12.9. The first-order valence-corrected chi connectivity index (χ1v) is 10.9. The van der Waals surface area contributed by atoms with Gasteiger partial charge in [0.1, 0.15) is 11.5 Å². The summed E-state index contributed by atoms with van der Waals surface area (Å²) in [4.78, 5) is 4.46. The molecule has 3 rings (SSSR count). The van der Waals surface area contributed by atoms with Crippen LogP contribution < -0.4 is 14.2 Å². The van der Waals surface area contributed by atoms with Crippen LogP contribution in [0.5, 0.6) is 11.5 Å². The van der Waals surface area contributed by atoms with Gasteiger partial charge in [0.05, 0.1) is 25.7 Å². The minimum atomic E-state index is -3.79. The molecule has 0 radical (unpaired) electrons. The quantitative estimate of drug-likeness (QED) is 0.580. The number of ether oxygens (including phenoxy) is 2. The van der Waals surface area contributed by atoms with E-state index in [0.29, 0.717) is 28.5 Å². The van der Waals surface area contributed by atoms with Gasteiger partial charge in [-0.15, -0.1) is 0 Å². The first-order chi connectivity index (χ1) is 14.2. The summed E-state index contributed by atoms with van der Waals surface area (Å²) in [7, 11) is -0.647. The van der Waals surface area contributed by atoms with Crippen molar-refractivity contribution in [1.29, 1.82) is 0 Å². The van der Waals surface area contributed by atoms with Crippen LogP contribution in [0.3, 0.4) is 0 Å². The largest absolute Gasteiger partial charge is 0.497 e. The number of rotatable bonds is 8. The molecule has 2 aromatic carbocycles. The van der Waals surface area contributed by atoms with Crippen LogP contribution in [-0.2, 0) is 16.6 Å². The zero-order chi connectivity index (χ0) is 21.9. The van der Waals surface area contributed by atoms with E-state index in [1.807, 2.05) is 26.0 Å². The molecule has 9 heteroatoms. The van der Waals surface area contributed by atoms with Gasteiger partial charge in [-0.05, 0) is 48.2 Å². The smallest absolute Gasteiger partial charge is 0.242 e. The molecule has 1 heterocycles. The molecule has 0 aliphatic carbocycles. The van der Waals surface area contributed by atoms with Crippen LogP contribution in [0.25, 0.3) is 11.4 Å². The molecule has 0 spiro atoms. The van der Waals surface area contributed by atoms with Crippen molar-refractivity contribution in [2.45, 2.75) is 38.1 Å². The molecule has 0 bridgehead atoms. The summed E-state index contributed by atoms with van der Waals surface area (Å²) in [6.45, 7) is 5.57. The third-order valence-electron chi connectivity index (χ3n) is 4.65. The molecule has 0 saturated carbocycles. The van der Waals surface area contributed by atoms with E-state index in [1.165, 1.54) is 0 Å². The second kappa shape index (κ2) is 8.85. The van der Waals surface area contributed by atoms with Gasteiger partial charge in [-0.1, -0.05) is 31.1 Å². The van der Waals surface area contributed by atoms with E-state index in [1.54, 1.807) is 45.4 Å². The third-order valence-corrected chi connectivity index (χ3v) is 6.19. The first kappa shape index (κ1) is 21.8. The summed E-state index contributed by atoms with van der Waals surface area (Å²) in [5.41, 5.74) is 2.12. The Morgan fingerprint density at radius 1 is 1.13 bits per heavy atom. The van der Waals surface area contributed by atoms with Crippen molar-refractivity contribution in [2.75, 3.05) is 14.2 Å². The van der Waals surface area contributed by atoms with Gasteiger partial charge in [0.25, 0.3) is 0 Å². The second-order valence-corrected chi connectivity index (χ2v) is 8.82. The zero-order valence-corrected chi connectivity index (χ0v) is 18.4. The highest BCUT2D eigenvalue weighted by Crippen LogP contribution is 2.31. The van der Waals surface area contributed by atoms with Crippen molar-refractivity contribution in [2.24, 2.45) is 0 Å². The Morgan fingerprint density at radius 2 is 1.90 bits per heavy atom. The highest BCUT2D eigenvalue weighted by molar-refractivity contribution is 7.89. The summed E-state index contributed by atoms with van der Waals surface area (Å²) >= 11 is 0. The summed E-state index contributed by atoms with van der Waals surface area (Å²) in [6, 6.07) is 10.6. The molecule has 0 unspecified atom stereocenters. The standard InChI is InChI=1S/C21H25N3O5S/c1-13(2)17-11-19(14(3)9-18(17)28-5)30(25,26)22-12-20-23-21(24-29-20)15-7-6-8-16(10-15)27-4/h6-11,13,22H,12H2,1-5H3. The van der Waals surface area contributed by atoms with Crippen molar-refractivity contribution in [3.63, 3.8) is 0 Å². The van der Waals surface area contributed by atoms with E-state index in [2.05, 4.69) is 14.9 Å². The molecule has 0 aliphatic heterocycles. The van der Waals surface area contributed by atoms with Crippen LogP contribution in [0.4, 0.5) is 0 Å². The van der Waals surface area contributed by atoms with Gasteiger partial charge in [-0.2, -0.15) is 4.98 Å². The van der Waals surface area contributed by atoms with Crippen LogP contribution in [0.15, 0.2) is 45.8 Å². The summed E-state index contributed by atoms with van der Waals surface area (Å²) in [5.74, 6) is 1.95. The lowest BCUT2D eigenvalue weighted by Gasteiger charge is -2.16. The Hall–Kier alpha value is -2.91. The van der Waals surface area contributed by atoms with Crippen LogP contribution in [0, 0.1) is 6.92 Å².